The minimum atomic E-state index is -0.314. The first-order valence-corrected chi connectivity index (χ1v) is 6.16. The molecule has 0 aliphatic carbocycles. The molecule has 4 heteroatoms. The molecule has 1 aromatic rings. The third-order valence-corrected chi connectivity index (χ3v) is 3.44. The molecule has 0 aromatic heterocycles. The molecule has 0 saturated heterocycles. The summed E-state index contributed by atoms with van der Waals surface area (Å²) in [6.45, 7) is 9.89. The van der Waals surface area contributed by atoms with Crippen molar-refractivity contribution in [3.8, 4) is 5.75 Å². The van der Waals surface area contributed by atoms with Crippen LogP contribution >= 0.6 is 0 Å². The van der Waals surface area contributed by atoms with Crippen molar-refractivity contribution in [2.24, 2.45) is 4.99 Å². The van der Waals surface area contributed by atoms with Gasteiger partial charge in [0.15, 0.2) is 0 Å². The number of ether oxygens (including phenoxy) is 1. The zero-order chi connectivity index (χ0) is 13.9. The van der Waals surface area contributed by atoms with E-state index in [9.17, 15) is 5.11 Å². The van der Waals surface area contributed by atoms with E-state index in [0.717, 1.165) is 16.7 Å². The van der Waals surface area contributed by atoms with Crippen LogP contribution in [-0.4, -0.2) is 30.1 Å². The van der Waals surface area contributed by atoms with Crippen LogP contribution in [0.25, 0.3) is 0 Å². The maximum Gasteiger partial charge on any atom is 1.00 e. The number of hydrogen-bond acceptors (Lipinski definition) is 3. The molecule has 1 rings (SSSR count). The van der Waals surface area contributed by atoms with E-state index in [-0.39, 0.29) is 36.1 Å². The van der Waals surface area contributed by atoms with Crippen molar-refractivity contribution in [3.05, 3.63) is 36.2 Å². The quantitative estimate of drug-likeness (QED) is 0.520. The Morgan fingerprint density at radius 2 is 1.85 bits per heavy atom. The third kappa shape index (κ3) is 5.28. The molecular formula is C16H26CuNO2. The van der Waals surface area contributed by atoms with Gasteiger partial charge >= 0.3 is 17.1 Å². The first kappa shape index (κ1) is 21.5. The van der Waals surface area contributed by atoms with E-state index in [1.54, 1.807) is 13.3 Å². The van der Waals surface area contributed by atoms with Gasteiger partial charge in [0.25, 0.3) is 0 Å². The maximum absolute atomic E-state index is 9.97. The van der Waals surface area contributed by atoms with Gasteiger partial charge < -0.3 is 17.3 Å². The fourth-order valence-corrected chi connectivity index (χ4v) is 1.63. The number of phenolic OH excluding ortho intramolecular Hbond substituents is 1. The average Bonchev–Trinajstić information content (AvgIpc) is 2.31. The molecule has 0 bridgehead atoms. The van der Waals surface area contributed by atoms with Crippen LogP contribution in [0, 0.1) is 21.3 Å². The van der Waals surface area contributed by atoms with Crippen molar-refractivity contribution in [1.29, 1.82) is 0 Å². The number of hydrogen-bond donors (Lipinski definition) is 1. The molecule has 1 atom stereocenters. The second kappa shape index (κ2) is 8.45. The molecule has 1 unspecified atom stereocenters. The van der Waals surface area contributed by atoms with Gasteiger partial charge in [-0.25, -0.2) is 0 Å². The number of aryl methyl sites for hydroxylation is 2. The van der Waals surface area contributed by atoms with Gasteiger partial charge in [0.1, 0.15) is 5.75 Å². The monoisotopic (exact) mass is 327 g/mol. The number of nitrogens with zero attached hydrogens (tertiary/aromatic N) is 1. The van der Waals surface area contributed by atoms with Gasteiger partial charge in [0, 0.05) is 18.9 Å². The van der Waals surface area contributed by atoms with E-state index >= 15 is 0 Å². The van der Waals surface area contributed by atoms with E-state index < -0.39 is 0 Å². The van der Waals surface area contributed by atoms with Crippen molar-refractivity contribution in [2.75, 3.05) is 7.11 Å². The molecule has 0 aliphatic rings. The number of phenols is 1. The van der Waals surface area contributed by atoms with Gasteiger partial charge in [-0.15, -0.1) is 0 Å². The van der Waals surface area contributed by atoms with Gasteiger partial charge in [-0.1, -0.05) is 6.07 Å². The summed E-state index contributed by atoms with van der Waals surface area (Å²) < 4.78 is 5.39. The van der Waals surface area contributed by atoms with Gasteiger partial charge in [-0.2, -0.15) is 0 Å². The van der Waals surface area contributed by atoms with Crippen LogP contribution in [0.5, 0.6) is 5.75 Å². The Morgan fingerprint density at radius 3 is 2.35 bits per heavy atom. The SMILES string of the molecule is COC(C)(C)C(C)N=Cc1cc(C)cc(C)c1O.[CH3-].[Cu+]. The molecule has 1 N–H and O–H groups in total. The molecule has 3 nitrogen and oxygen atoms in total. The van der Waals surface area contributed by atoms with Gasteiger partial charge in [0.05, 0.1) is 11.6 Å². The standard InChI is InChI=1S/C15H23NO2.CH3.Cu/c1-10-7-11(2)14(17)13(8-10)9-16-12(3)15(4,5)18-6;;/h7-9,12,17H,1-6H3;1H3;/q;-1;+1. The number of methoxy groups -OCH3 is 1. The summed E-state index contributed by atoms with van der Waals surface area (Å²) in [6.07, 6.45) is 1.72. The van der Waals surface area contributed by atoms with Crippen molar-refractivity contribution in [1.82, 2.24) is 0 Å². The first-order chi connectivity index (χ1) is 8.27. The molecule has 0 heterocycles. The molecule has 0 spiro atoms. The van der Waals surface area contributed by atoms with Crippen molar-refractivity contribution >= 4 is 6.21 Å². The van der Waals surface area contributed by atoms with Crippen LogP contribution in [0.3, 0.4) is 0 Å². The van der Waals surface area contributed by atoms with E-state index in [2.05, 4.69) is 4.99 Å². The minimum Gasteiger partial charge on any atom is -0.507 e. The van der Waals surface area contributed by atoms with Crippen LogP contribution in [0.4, 0.5) is 0 Å². The van der Waals surface area contributed by atoms with Crippen LogP contribution in [-0.2, 0) is 21.8 Å². The molecule has 0 saturated carbocycles. The van der Waals surface area contributed by atoms with Crippen molar-refractivity contribution < 1.29 is 26.9 Å². The zero-order valence-electron chi connectivity index (χ0n) is 13.4. The Balaban J connectivity index is 0. The molecule has 0 radical (unpaired) electrons. The van der Waals surface area contributed by atoms with E-state index in [4.69, 9.17) is 4.74 Å². The van der Waals surface area contributed by atoms with Gasteiger partial charge in [-0.3, -0.25) is 4.99 Å². The van der Waals surface area contributed by atoms with Crippen LogP contribution in [0.1, 0.15) is 37.5 Å². The molecular weight excluding hydrogens is 302 g/mol. The zero-order valence-corrected chi connectivity index (χ0v) is 14.4. The normalized spacial score (nSPS) is 12.7. The van der Waals surface area contributed by atoms with E-state index in [1.165, 1.54) is 0 Å². The predicted molar refractivity (Wildman–Crippen MR) is 82.1 cm³/mol. The summed E-state index contributed by atoms with van der Waals surface area (Å²) in [5.41, 5.74) is 2.43. The second-order valence-corrected chi connectivity index (χ2v) is 5.28. The first-order valence-electron chi connectivity index (χ1n) is 6.16. The Morgan fingerprint density at radius 1 is 1.30 bits per heavy atom. The Kier molecular flexibility index (Phi) is 9.08. The average molecular weight is 328 g/mol. The van der Waals surface area contributed by atoms with Crippen molar-refractivity contribution in [2.45, 2.75) is 46.3 Å². The second-order valence-electron chi connectivity index (χ2n) is 5.28. The van der Waals surface area contributed by atoms with Crippen LogP contribution in [0.2, 0.25) is 0 Å². The number of aliphatic imine (C=N–C) groups is 1. The Bertz CT molecular complexity index is 456. The molecule has 118 valence electrons. The number of rotatable bonds is 4. The molecule has 0 aliphatic heterocycles. The summed E-state index contributed by atoms with van der Waals surface area (Å²) >= 11 is 0. The number of benzene rings is 1. The Labute approximate surface area is 133 Å². The predicted octanol–water partition coefficient (Wildman–Crippen LogP) is 3.69. The maximum atomic E-state index is 9.97. The fourth-order valence-electron chi connectivity index (χ4n) is 1.63. The Hall–Kier alpha value is -0.831. The van der Waals surface area contributed by atoms with Crippen LogP contribution < -0.4 is 0 Å². The summed E-state index contributed by atoms with van der Waals surface area (Å²) in [4.78, 5) is 4.47. The molecule has 20 heavy (non-hydrogen) atoms. The van der Waals surface area contributed by atoms with E-state index in [0.29, 0.717) is 5.75 Å². The van der Waals surface area contributed by atoms with Crippen LogP contribution in [0.15, 0.2) is 17.1 Å². The van der Waals surface area contributed by atoms with E-state index in [1.807, 2.05) is 46.8 Å². The summed E-state index contributed by atoms with van der Waals surface area (Å²) in [5, 5.41) is 9.97. The smallest absolute Gasteiger partial charge is 0.507 e. The summed E-state index contributed by atoms with van der Waals surface area (Å²) in [5.74, 6) is 0.298. The number of aromatic hydroxyl groups is 1. The summed E-state index contributed by atoms with van der Waals surface area (Å²) in [6, 6.07) is 3.90. The summed E-state index contributed by atoms with van der Waals surface area (Å²) in [7, 11) is 1.68. The van der Waals surface area contributed by atoms with Crippen molar-refractivity contribution in [3.63, 3.8) is 0 Å². The van der Waals surface area contributed by atoms with Gasteiger partial charge in [-0.05, 0) is 51.8 Å². The molecule has 1 aromatic carbocycles. The molecule has 0 amide bonds. The fraction of sp³-hybridized carbons (Fsp3) is 0.500. The minimum absolute atomic E-state index is 0. The van der Waals surface area contributed by atoms with Gasteiger partial charge in [0.2, 0.25) is 0 Å². The molecule has 0 fully saturated rings. The third-order valence-electron chi connectivity index (χ3n) is 3.44. The largest absolute Gasteiger partial charge is 1.00 e. The topological polar surface area (TPSA) is 41.8 Å².